The van der Waals surface area contributed by atoms with Crippen molar-refractivity contribution in [1.82, 2.24) is 14.8 Å². The van der Waals surface area contributed by atoms with Gasteiger partial charge in [-0.2, -0.15) is 0 Å². The van der Waals surface area contributed by atoms with Crippen LogP contribution in [0.5, 0.6) is 5.88 Å². The van der Waals surface area contributed by atoms with Gasteiger partial charge in [0.1, 0.15) is 5.76 Å². The summed E-state index contributed by atoms with van der Waals surface area (Å²) in [5, 5.41) is 11.9. The largest absolute Gasteiger partial charge is 0.438 e. The average Bonchev–Trinajstić information content (AvgIpc) is 3.11. The first-order chi connectivity index (χ1) is 18.9. The Morgan fingerprint density at radius 3 is 2.67 bits per heavy atom. The van der Waals surface area contributed by atoms with E-state index in [9.17, 15) is 9.90 Å². The summed E-state index contributed by atoms with van der Waals surface area (Å²) in [6, 6.07) is 11.5. The number of hydrogen-bond donors (Lipinski definition) is 1. The number of rotatable bonds is 7. The summed E-state index contributed by atoms with van der Waals surface area (Å²) < 4.78 is 6.26. The number of benzene rings is 1. The van der Waals surface area contributed by atoms with Crippen molar-refractivity contribution in [2.45, 2.75) is 38.7 Å². The molecule has 7 heteroatoms. The van der Waals surface area contributed by atoms with Crippen molar-refractivity contribution in [2.75, 3.05) is 32.7 Å². The van der Waals surface area contributed by atoms with E-state index in [4.69, 9.17) is 16.3 Å². The van der Waals surface area contributed by atoms with Crippen LogP contribution in [0.2, 0.25) is 5.02 Å². The number of allylic oxidation sites excluding steroid dienone is 5. The molecule has 204 valence electrons. The highest BCUT2D eigenvalue weighted by Crippen LogP contribution is 2.39. The molecule has 1 amide bonds. The normalized spacial score (nSPS) is 21.2. The Morgan fingerprint density at radius 2 is 1.95 bits per heavy atom. The van der Waals surface area contributed by atoms with Crippen LogP contribution in [-0.4, -0.2) is 58.5 Å². The van der Waals surface area contributed by atoms with Gasteiger partial charge < -0.3 is 19.6 Å². The number of likely N-dealkylation sites (tertiary alicyclic amines) is 1. The number of carbonyl (C=O) groups is 1. The minimum absolute atomic E-state index is 0.0801. The fourth-order valence-electron chi connectivity index (χ4n) is 5.62. The second-order valence-corrected chi connectivity index (χ2v) is 10.7. The van der Waals surface area contributed by atoms with E-state index in [0.29, 0.717) is 42.6 Å². The molecule has 2 aromatic rings. The number of hydrogen-bond acceptors (Lipinski definition) is 5. The van der Waals surface area contributed by atoms with E-state index < -0.39 is 11.5 Å². The van der Waals surface area contributed by atoms with Crippen LogP contribution >= 0.6 is 11.6 Å². The molecular formula is C32H36ClN3O3. The van der Waals surface area contributed by atoms with E-state index in [1.807, 2.05) is 73.4 Å². The van der Waals surface area contributed by atoms with Crippen molar-refractivity contribution < 1.29 is 14.6 Å². The lowest BCUT2D eigenvalue weighted by Crippen LogP contribution is -2.42. The third-order valence-electron chi connectivity index (χ3n) is 7.99. The van der Waals surface area contributed by atoms with Gasteiger partial charge in [0.15, 0.2) is 0 Å². The fourth-order valence-corrected chi connectivity index (χ4v) is 5.74. The van der Waals surface area contributed by atoms with Gasteiger partial charge in [-0.25, -0.2) is 4.98 Å². The Hall–Kier alpha value is -3.19. The van der Waals surface area contributed by atoms with Crippen LogP contribution in [0.4, 0.5) is 0 Å². The summed E-state index contributed by atoms with van der Waals surface area (Å²) in [6.07, 6.45) is 14.0. The van der Waals surface area contributed by atoms with Gasteiger partial charge in [-0.05, 0) is 80.7 Å². The zero-order valence-corrected chi connectivity index (χ0v) is 23.4. The molecule has 1 saturated heterocycles. The van der Waals surface area contributed by atoms with E-state index in [0.717, 1.165) is 48.3 Å². The smallest absolute Gasteiger partial charge is 0.234 e. The van der Waals surface area contributed by atoms with Gasteiger partial charge in [0.2, 0.25) is 11.8 Å². The molecule has 1 unspecified atom stereocenters. The second kappa shape index (κ2) is 11.9. The molecule has 1 atom stereocenters. The molecule has 39 heavy (non-hydrogen) atoms. The third kappa shape index (κ3) is 5.88. The maximum absolute atomic E-state index is 13.4. The molecule has 1 aromatic heterocycles. The average molecular weight is 546 g/mol. The first kappa shape index (κ1) is 27.4. The molecule has 3 heterocycles. The maximum atomic E-state index is 13.4. The topological polar surface area (TPSA) is 65.9 Å². The number of piperidine rings is 1. The van der Waals surface area contributed by atoms with Crippen molar-refractivity contribution in [1.29, 1.82) is 0 Å². The van der Waals surface area contributed by atoms with Crippen molar-refractivity contribution in [2.24, 2.45) is 5.92 Å². The number of aliphatic hydroxyl groups is 1. The highest BCUT2D eigenvalue weighted by Gasteiger charge is 2.34. The van der Waals surface area contributed by atoms with Gasteiger partial charge >= 0.3 is 0 Å². The van der Waals surface area contributed by atoms with Gasteiger partial charge in [-0.1, -0.05) is 42.0 Å². The van der Waals surface area contributed by atoms with Gasteiger partial charge in [0, 0.05) is 55.1 Å². The quantitative estimate of drug-likeness (QED) is 0.480. The van der Waals surface area contributed by atoms with E-state index >= 15 is 0 Å². The van der Waals surface area contributed by atoms with Crippen LogP contribution in [0.1, 0.15) is 44.2 Å². The summed E-state index contributed by atoms with van der Waals surface area (Å²) in [5.41, 5.74) is 2.92. The monoisotopic (exact) mass is 545 g/mol. The Morgan fingerprint density at radius 1 is 1.21 bits per heavy atom. The highest BCUT2D eigenvalue weighted by molar-refractivity contribution is 6.30. The van der Waals surface area contributed by atoms with Crippen LogP contribution in [-0.2, 0) is 10.4 Å². The zero-order valence-electron chi connectivity index (χ0n) is 22.6. The number of ether oxygens (including phenoxy) is 1. The van der Waals surface area contributed by atoms with Crippen LogP contribution in [0, 0.1) is 5.92 Å². The standard InChI is InChI=1S/C32H36ClN3O3/c1-3-36(4-2)31(37)27-9-5-11-29-28(27)22-23(26-10-6-18-34-30(26)39-29)8-7-19-35-20-16-32(38,17-21-35)24-12-14-25(33)15-13-24/h5-6,8-15,18,22,27,38H,3-4,7,16-17,19-21H2,1-2H3. The number of carbonyl (C=O) groups excluding carboxylic acids is 1. The predicted octanol–water partition coefficient (Wildman–Crippen LogP) is 5.75. The summed E-state index contributed by atoms with van der Waals surface area (Å²) in [7, 11) is 0. The summed E-state index contributed by atoms with van der Waals surface area (Å²) in [4.78, 5) is 22.1. The van der Waals surface area contributed by atoms with Gasteiger partial charge in [-0.3, -0.25) is 4.79 Å². The number of aromatic nitrogens is 1. The van der Waals surface area contributed by atoms with E-state index in [1.54, 1.807) is 6.20 Å². The van der Waals surface area contributed by atoms with Gasteiger partial charge in [0.05, 0.1) is 11.5 Å². The van der Waals surface area contributed by atoms with E-state index in [-0.39, 0.29) is 5.91 Å². The highest BCUT2D eigenvalue weighted by atomic mass is 35.5. The lowest BCUT2D eigenvalue weighted by molar-refractivity contribution is -0.132. The van der Waals surface area contributed by atoms with Crippen molar-refractivity contribution in [3.63, 3.8) is 0 Å². The number of fused-ring (bicyclic) bond motifs is 2. The van der Waals surface area contributed by atoms with Crippen LogP contribution in [0.25, 0.3) is 5.57 Å². The lowest BCUT2D eigenvalue weighted by Gasteiger charge is -2.38. The first-order valence-electron chi connectivity index (χ1n) is 13.8. The van der Waals surface area contributed by atoms with Crippen molar-refractivity contribution in [3.8, 4) is 5.88 Å². The zero-order chi connectivity index (χ0) is 27.4. The molecule has 0 radical (unpaired) electrons. The van der Waals surface area contributed by atoms with Crippen LogP contribution < -0.4 is 4.74 Å². The molecule has 1 N–H and O–H groups in total. The molecule has 1 aliphatic carbocycles. The Bertz CT molecular complexity index is 1320. The SMILES string of the molecule is CCN(CC)C(=O)C1C=CC=C2Oc3ncccc3C(=CCCN3CCC(O)(c4ccc(Cl)cc4)CC3)C=C21. The fraction of sp³-hybridized carbons (Fsp3) is 0.375. The third-order valence-corrected chi connectivity index (χ3v) is 8.24. The molecule has 1 fully saturated rings. The second-order valence-electron chi connectivity index (χ2n) is 10.3. The molecule has 0 bridgehead atoms. The van der Waals surface area contributed by atoms with Crippen molar-refractivity contribution in [3.05, 3.63) is 100 Å². The Balaban J connectivity index is 1.33. The van der Waals surface area contributed by atoms with Crippen LogP contribution in [0.15, 0.2) is 84.3 Å². The van der Waals surface area contributed by atoms with E-state index in [2.05, 4.69) is 22.0 Å². The van der Waals surface area contributed by atoms with Gasteiger partial charge in [0.25, 0.3) is 0 Å². The number of halogens is 1. The summed E-state index contributed by atoms with van der Waals surface area (Å²) >= 11 is 6.03. The number of nitrogens with zero attached hydrogens (tertiary/aromatic N) is 3. The molecule has 6 nitrogen and oxygen atoms in total. The van der Waals surface area contributed by atoms with Crippen LogP contribution in [0.3, 0.4) is 0 Å². The Kier molecular flexibility index (Phi) is 8.36. The molecular weight excluding hydrogens is 510 g/mol. The minimum atomic E-state index is -0.809. The first-order valence-corrected chi connectivity index (χ1v) is 14.2. The lowest BCUT2D eigenvalue weighted by atomic mass is 9.84. The summed E-state index contributed by atoms with van der Waals surface area (Å²) in [6.45, 7) is 7.87. The number of pyridine rings is 1. The molecule has 2 aliphatic heterocycles. The molecule has 3 aliphatic rings. The minimum Gasteiger partial charge on any atom is -0.438 e. The maximum Gasteiger partial charge on any atom is 0.234 e. The molecule has 1 aromatic carbocycles. The molecule has 5 rings (SSSR count). The van der Waals surface area contributed by atoms with Gasteiger partial charge in [-0.15, -0.1) is 0 Å². The summed E-state index contributed by atoms with van der Waals surface area (Å²) in [5.74, 6) is 0.909. The Labute approximate surface area is 235 Å². The molecule has 0 saturated carbocycles. The van der Waals surface area contributed by atoms with Crippen molar-refractivity contribution >= 4 is 23.1 Å². The van der Waals surface area contributed by atoms with E-state index in [1.165, 1.54) is 0 Å². The predicted molar refractivity (Wildman–Crippen MR) is 155 cm³/mol. The molecule has 0 spiro atoms. The number of amides is 1.